The second-order valence-corrected chi connectivity index (χ2v) is 8.20. The Balaban J connectivity index is 1.33. The van der Waals surface area contributed by atoms with Gasteiger partial charge in [-0.3, -0.25) is 9.69 Å². The van der Waals surface area contributed by atoms with Gasteiger partial charge in [0.25, 0.3) is 5.91 Å². The maximum Gasteiger partial charge on any atom is 0.253 e. The second-order valence-electron chi connectivity index (χ2n) is 8.20. The number of methoxy groups -OCH3 is 1. The van der Waals surface area contributed by atoms with E-state index in [2.05, 4.69) is 36.1 Å². The molecule has 0 atom stereocenters. The summed E-state index contributed by atoms with van der Waals surface area (Å²) in [4.78, 5) is 17.4. The Kier molecular flexibility index (Phi) is 7.07. The van der Waals surface area contributed by atoms with E-state index in [1.54, 1.807) is 7.11 Å². The van der Waals surface area contributed by atoms with Crippen LogP contribution in [0.25, 0.3) is 0 Å². The van der Waals surface area contributed by atoms with Gasteiger partial charge < -0.3 is 14.4 Å². The summed E-state index contributed by atoms with van der Waals surface area (Å²) in [6.07, 6.45) is 0. The molecular formula is C27H30N2O3. The Bertz CT molecular complexity index is 1060. The van der Waals surface area contributed by atoms with Crippen LogP contribution in [0.5, 0.6) is 11.5 Å². The first-order valence-electron chi connectivity index (χ1n) is 11.0. The van der Waals surface area contributed by atoms with E-state index in [-0.39, 0.29) is 5.91 Å². The number of benzene rings is 3. The number of carbonyl (C=O) groups excluding carboxylic acids is 1. The van der Waals surface area contributed by atoms with Crippen LogP contribution in [0.3, 0.4) is 0 Å². The van der Waals surface area contributed by atoms with Crippen molar-refractivity contribution in [1.29, 1.82) is 0 Å². The lowest BCUT2D eigenvalue weighted by atomic mass is 10.1. The molecule has 0 aliphatic carbocycles. The predicted molar refractivity (Wildman–Crippen MR) is 126 cm³/mol. The molecule has 3 aromatic rings. The van der Waals surface area contributed by atoms with E-state index in [9.17, 15) is 4.79 Å². The van der Waals surface area contributed by atoms with Gasteiger partial charge in [-0.2, -0.15) is 0 Å². The van der Waals surface area contributed by atoms with E-state index >= 15 is 0 Å². The topological polar surface area (TPSA) is 42.0 Å². The fourth-order valence-corrected chi connectivity index (χ4v) is 4.05. The van der Waals surface area contributed by atoms with E-state index in [0.29, 0.717) is 23.7 Å². The highest BCUT2D eigenvalue weighted by molar-refractivity contribution is 5.94. The molecule has 0 bridgehead atoms. The maximum atomic E-state index is 13.1. The molecule has 0 unspecified atom stereocenters. The number of carbonyl (C=O) groups is 1. The fraction of sp³-hybridized carbons (Fsp3) is 0.296. The standard InChI is InChI=1S/C27H30N2O3/c1-21-7-5-8-22(17-21)19-28-13-15-29(16-14-28)27(30)24-10-6-9-23(18-24)20-32-26-12-4-3-11-25(26)31-2/h3-12,17-18H,13-16,19-20H2,1-2H3. The summed E-state index contributed by atoms with van der Waals surface area (Å²) in [7, 11) is 1.63. The van der Waals surface area contributed by atoms with Crippen LogP contribution in [0, 0.1) is 6.92 Å². The van der Waals surface area contributed by atoms with E-state index in [0.717, 1.165) is 38.3 Å². The third-order valence-electron chi connectivity index (χ3n) is 5.79. The molecule has 0 N–H and O–H groups in total. The number of nitrogens with zero attached hydrogens (tertiary/aromatic N) is 2. The Morgan fingerprint density at radius 2 is 1.56 bits per heavy atom. The molecule has 0 radical (unpaired) electrons. The van der Waals surface area contributed by atoms with Gasteiger partial charge in [-0.25, -0.2) is 0 Å². The molecule has 5 nitrogen and oxygen atoms in total. The Morgan fingerprint density at radius 1 is 0.844 bits per heavy atom. The predicted octanol–water partition coefficient (Wildman–Crippen LogP) is 4.54. The highest BCUT2D eigenvalue weighted by Crippen LogP contribution is 2.26. The highest BCUT2D eigenvalue weighted by Gasteiger charge is 2.22. The Hall–Kier alpha value is -3.31. The lowest BCUT2D eigenvalue weighted by Crippen LogP contribution is -2.48. The fourth-order valence-electron chi connectivity index (χ4n) is 4.05. The van der Waals surface area contributed by atoms with E-state index < -0.39 is 0 Å². The van der Waals surface area contributed by atoms with Crippen molar-refractivity contribution in [2.24, 2.45) is 0 Å². The number of ether oxygens (including phenoxy) is 2. The average Bonchev–Trinajstić information content (AvgIpc) is 2.83. The molecule has 1 saturated heterocycles. The van der Waals surface area contributed by atoms with Crippen LogP contribution in [0.1, 0.15) is 27.0 Å². The molecule has 1 aliphatic rings. The number of hydrogen-bond acceptors (Lipinski definition) is 4. The first-order chi connectivity index (χ1) is 15.6. The van der Waals surface area contributed by atoms with E-state index in [1.165, 1.54) is 11.1 Å². The highest BCUT2D eigenvalue weighted by atomic mass is 16.5. The SMILES string of the molecule is COc1ccccc1OCc1cccc(C(=O)N2CCN(Cc3cccc(C)c3)CC2)c1. The largest absolute Gasteiger partial charge is 0.493 e. The molecule has 0 saturated carbocycles. The Morgan fingerprint density at radius 3 is 2.31 bits per heavy atom. The van der Waals surface area contributed by atoms with Crippen molar-refractivity contribution >= 4 is 5.91 Å². The van der Waals surface area contributed by atoms with Crippen LogP contribution in [0.15, 0.2) is 72.8 Å². The van der Waals surface area contributed by atoms with Gasteiger partial charge in [-0.15, -0.1) is 0 Å². The number of rotatable bonds is 7. The summed E-state index contributed by atoms with van der Waals surface area (Å²) in [5.41, 5.74) is 4.27. The molecule has 1 fully saturated rings. The van der Waals surface area contributed by atoms with Crippen LogP contribution in [-0.2, 0) is 13.2 Å². The van der Waals surface area contributed by atoms with Crippen molar-refractivity contribution in [2.45, 2.75) is 20.1 Å². The third-order valence-corrected chi connectivity index (χ3v) is 5.79. The molecule has 166 valence electrons. The van der Waals surface area contributed by atoms with Gasteiger partial charge in [0.05, 0.1) is 7.11 Å². The number of para-hydroxylation sites is 2. The van der Waals surface area contributed by atoms with Crippen LogP contribution in [-0.4, -0.2) is 49.0 Å². The summed E-state index contributed by atoms with van der Waals surface area (Å²) in [6.45, 7) is 6.69. The molecule has 3 aromatic carbocycles. The van der Waals surface area contributed by atoms with Crippen molar-refractivity contribution < 1.29 is 14.3 Å². The summed E-state index contributed by atoms with van der Waals surface area (Å²) in [5.74, 6) is 1.47. The molecule has 5 heteroatoms. The Labute approximate surface area is 190 Å². The lowest BCUT2D eigenvalue weighted by molar-refractivity contribution is 0.0628. The molecule has 1 heterocycles. The van der Waals surface area contributed by atoms with Crippen LogP contribution in [0.2, 0.25) is 0 Å². The van der Waals surface area contributed by atoms with Gasteiger partial charge >= 0.3 is 0 Å². The first-order valence-corrected chi connectivity index (χ1v) is 11.0. The maximum absolute atomic E-state index is 13.1. The minimum absolute atomic E-state index is 0.0827. The summed E-state index contributed by atoms with van der Waals surface area (Å²) < 4.78 is 11.3. The van der Waals surface area contributed by atoms with Crippen molar-refractivity contribution in [1.82, 2.24) is 9.80 Å². The zero-order valence-corrected chi connectivity index (χ0v) is 18.8. The van der Waals surface area contributed by atoms with E-state index in [4.69, 9.17) is 9.47 Å². The van der Waals surface area contributed by atoms with Gasteiger partial charge in [-0.1, -0.05) is 54.1 Å². The first kappa shape index (κ1) is 21.9. The average molecular weight is 431 g/mol. The minimum atomic E-state index is 0.0827. The van der Waals surface area contributed by atoms with E-state index in [1.807, 2.05) is 53.4 Å². The number of hydrogen-bond donors (Lipinski definition) is 0. The molecule has 1 aliphatic heterocycles. The normalized spacial score (nSPS) is 14.2. The zero-order chi connectivity index (χ0) is 22.3. The number of piperazine rings is 1. The minimum Gasteiger partial charge on any atom is -0.493 e. The van der Waals surface area contributed by atoms with Crippen molar-refractivity contribution in [3.63, 3.8) is 0 Å². The second kappa shape index (κ2) is 10.3. The summed E-state index contributed by atoms with van der Waals surface area (Å²) in [5, 5.41) is 0. The van der Waals surface area contributed by atoms with Gasteiger partial charge in [0.2, 0.25) is 0 Å². The van der Waals surface area contributed by atoms with Crippen LogP contribution in [0.4, 0.5) is 0 Å². The molecule has 32 heavy (non-hydrogen) atoms. The summed E-state index contributed by atoms with van der Waals surface area (Å²) >= 11 is 0. The van der Waals surface area contributed by atoms with Gasteiger partial charge in [-0.05, 0) is 42.3 Å². The van der Waals surface area contributed by atoms with Gasteiger partial charge in [0.15, 0.2) is 11.5 Å². The zero-order valence-electron chi connectivity index (χ0n) is 18.8. The molecule has 1 amide bonds. The van der Waals surface area contributed by atoms with Gasteiger partial charge in [0.1, 0.15) is 6.61 Å². The van der Waals surface area contributed by atoms with Crippen LogP contribution >= 0.6 is 0 Å². The van der Waals surface area contributed by atoms with Gasteiger partial charge in [0, 0.05) is 38.3 Å². The smallest absolute Gasteiger partial charge is 0.253 e. The molecule has 0 aromatic heterocycles. The third kappa shape index (κ3) is 5.48. The van der Waals surface area contributed by atoms with Crippen LogP contribution < -0.4 is 9.47 Å². The quantitative estimate of drug-likeness (QED) is 0.552. The molecular weight excluding hydrogens is 400 g/mol. The molecule has 4 rings (SSSR count). The summed E-state index contributed by atoms with van der Waals surface area (Å²) in [6, 6.07) is 23.9. The van der Waals surface area contributed by atoms with Crippen molar-refractivity contribution in [2.75, 3.05) is 33.3 Å². The van der Waals surface area contributed by atoms with Crippen molar-refractivity contribution in [3.05, 3.63) is 95.1 Å². The van der Waals surface area contributed by atoms with Crippen molar-refractivity contribution in [3.8, 4) is 11.5 Å². The number of aryl methyl sites for hydroxylation is 1. The monoisotopic (exact) mass is 430 g/mol. The number of amides is 1. The molecule has 0 spiro atoms. The lowest BCUT2D eigenvalue weighted by Gasteiger charge is -2.35.